The third-order valence-electron chi connectivity index (χ3n) is 3.96. The first-order valence-corrected chi connectivity index (χ1v) is 9.02. The van der Waals surface area contributed by atoms with Crippen LogP contribution in [-0.2, 0) is 9.53 Å². The lowest BCUT2D eigenvalue weighted by Gasteiger charge is -2.23. The first-order valence-electron chi connectivity index (χ1n) is 9.02. The van der Waals surface area contributed by atoms with Crippen molar-refractivity contribution in [1.29, 1.82) is 0 Å². The maximum absolute atomic E-state index is 12.4. The van der Waals surface area contributed by atoms with E-state index in [1.165, 1.54) is 11.6 Å². The molecule has 154 valence electrons. The number of rotatable bonds is 9. The highest BCUT2D eigenvalue weighted by Gasteiger charge is 2.22. The third kappa shape index (κ3) is 7.28. The SMILES string of the molecule is C[C@H](/C=C/C(=O)NO)[C@H](OC(=O)Nc1ccccc1)c1ccc(OCCO)cc1. The van der Waals surface area contributed by atoms with Crippen molar-refractivity contribution in [3.05, 3.63) is 72.3 Å². The maximum atomic E-state index is 12.4. The number of nitrogens with one attached hydrogen (secondary N) is 2. The molecule has 0 saturated carbocycles. The van der Waals surface area contributed by atoms with E-state index in [2.05, 4.69) is 5.32 Å². The second kappa shape index (κ2) is 11.5. The Bertz CT molecular complexity index is 808. The molecule has 0 fully saturated rings. The van der Waals surface area contributed by atoms with Gasteiger partial charge in [-0.25, -0.2) is 10.3 Å². The number of ether oxygens (including phenoxy) is 2. The molecule has 4 N–H and O–H groups in total. The first kappa shape index (κ1) is 21.9. The smallest absolute Gasteiger partial charge is 0.412 e. The Balaban J connectivity index is 2.17. The van der Waals surface area contributed by atoms with E-state index in [-0.39, 0.29) is 19.1 Å². The van der Waals surface area contributed by atoms with E-state index in [0.717, 1.165) is 6.08 Å². The summed E-state index contributed by atoms with van der Waals surface area (Å²) in [6.07, 6.45) is 1.35. The molecule has 2 rings (SSSR count). The zero-order chi connectivity index (χ0) is 21.1. The Labute approximate surface area is 168 Å². The number of aliphatic hydroxyl groups is 1. The molecular formula is C21H24N2O6. The molecule has 0 aliphatic rings. The number of amides is 2. The molecule has 0 heterocycles. The molecule has 0 aromatic heterocycles. The number of aliphatic hydroxyl groups excluding tert-OH is 1. The van der Waals surface area contributed by atoms with Crippen LogP contribution in [0.5, 0.6) is 5.75 Å². The Hall–Kier alpha value is -3.36. The number of carbonyl (C=O) groups excluding carboxylic acids is 2. The van der Waals surface area contributed by atoms with Gasteiger partial charge in [0, 0.05) is 17.7 Å². The molecule has 0 saturated heterocycles. The highest BCUT2D eigenvalue weighted by molar-refractivity contribution is 5.86. The minimum atomic E-state index is -0.701. The van der Waals surface area contributed by atoms with Gasteiger partial charge in [0.25, 0.3) is 5.91 Å². The van der Waals surface area contributed by atoms with E-state index in [9.17, 15) is 9.59 Å². The zero-order valence-electron chi connectivity index (χ0n) is 15.9. The van der Waals surface area contributed by atoms with Gasteiger partial charge in [0.15, 0.2) is 0 Å². The molecule has 29 heavy (non-hydrogen) atoms. The Kier molecular flexibility index (Phi) is 8.68. The quantitative estimate of drug-likeness (QED) is 0.292. The van der Waals surface area contributed by atoms with Crippen molar-refractivity contribution < 1.29 is 29.4 Å². The Morgan fingerprint density at radius 3 is 2.41 bits per heavy atom. The summed E-state index contributed by atoms with van der Waals surface area (Å²) in [5, 5.41) is 20.1. The topological polar surface area (TPSA) is 117 Å². The van der Waals surface area contributed by atoms with Crippen molar-refractivity contribution in [3.63, 3.8) is 0 Å². The molecule has 2 aromatic carbocycles. The second-order valence-electron chi connectivity index (χ2n) is 6.15. The van der Waals surface area contributed by atoms with Gasteiger partial charge in [0.05, 0.1) is 6.61 Å². The van der Waals surface area contributed by atoms with Crippen molar-refractivity contribution in [3.8, 4) is 5.75 Å². The van der Waals surface area contributed by atoms with Gasteiger partial charge in [-0.3, -0.25) is 15.3 Å². The van der Waals surface area contributed by atoms with Crippen LogP contribution in [0.4, 0.5) is 10.5 Å². The minimum absolute atomic E-state index is 0.0953. The van der Waals surface area contributed by atoms with Gasteiger partial charge in [-0.15, -0.1) is 0 Å². The highest BCUT2D eigenvalue weighted by atomic mass is 16.6. The molecule has 8 heteroatoms. The van der Waals surface area contributed by atoms with Crippen LogP contribution >= 0.6 is 0 Å². The van der Waals surface area contributed by atoms with Gasteiger partial charge in [-0.1, -0.05) is 43.3 Å². The Morgan fingerprint density at radius 1 is 1.10 bits per heavy atom. The van der Waals surface area contributed by atoms with Crippen molar-refractivity contribution >= 4 is 17.7 Å². The van der Waals surface area contributed by atoms with E-state index in [1.807, 2.05) is 6.07 Å². The lowest BCUT2D eigenvalue weighted by Crippen LogP contribution is -2.22. The van der Waals surface area contributed by atoms with Crippen LogP contribution < -0.4 is 15.5 Å². The summed E-state index contributed by atoms with van der Waals surface area (Å²) in [5.41, 5.74) is 2.79. The van der Waals surface area contributed by atoms with Gasteiger partial charge in [-0.05, 0) is 29.8 Å². The van der Waals surface area contributed by atoms with Gasteiger partial charge in [0.2, 0.25) is 0 Å². The lowest BCUT2D eigenvalue weighted by atomic mass is 9.96. The summed E-state index contributed by atoms with van der Waals surface area (Å²) < 4.78 is 11.0. The molecule has 0 radical (unpaired) electrons. The van der Waals surface area contributed by atoms with Crippen molar-refractivity contribution in [1.82, 2.24) is 5.48 Å². The molecule has 0 spiro atoms. The van der Waals surface area contributed by atoms with E-state index in [0.29, 0.717) is 17.0 Å². The van der Waals surface area contributed by atoms with Crippen LogP contribution in [-0.4, -0.2) is 35.5 Å². The van der Waals surface area contributed by atoms with Crippen LogP contribution in [0.3, 0.4) is 0 Å². The van der Waals surface area contributed by atoms with Crippen LogP contribution in [0.25, 0.3) is 0 Å². The summed E-state index contributed by atoms with van der Waals surface area (Å²) in [4.78, 5) is 23.7. The maximum Gasteiger partial charge on any atom is 0.412 e. The largest absolute Gasteiger partial charge is 0.491 e. The van der Waals surface area contributed by atoms with Crippen LogP contribution in [0, 0.1) is 5.92 Å². The number of hydrogen-bond acceptors (Lipinski definition) is 6. The van der Waals surface area contributed by atoms with Crippen LogP contribution in [0.2, 0.25) is 0 Å². The molecule has 2 aromatic rings. The lowest BCUT2D eigenvalue weighted by molar-refractivity contribution is -0.124. The summed E-state index contributed by atoms with van der Waals surface area (Å²) in [6.45, 7) is 1.86. The summed E-state index contributed by atoms with van der Waals surface area (Å²) in [7, 11) is 0. The number of carbonyl (C=O) groups is 2. The van der Waals surface area contributed by atoms with Crippen molar-refractivity contribution in [2.24, 2.45) is 5.92 Å². The van der Waals surface area contributed by atoms with E-state index < -0.39 is 18.1 Å². The fraction of sp³-hybridized carbons (Fsp3) is 0.238. The zero-order valence-corrected chi connectivity index (χ0v) is 15.9. The highest BCUT2D eigenvalue weighted by Crippen LogP contribution is 2.29. The van der Waals surface area contributed by atoms with E-state index >= 15 is 0 Å². The standard InChI is InChI=1S/C21H24N2O6/c1-15(7-12-19(25)23-27)20(16-8-10-18(11-9-16)28-14-13-24)29-21(26)22-17-5-3-2-4-6-17/h2-12,15,20,24,27H,13-14H2,1H3,(H,22,26)(H,23,25)/b12-7+/t15-,20+/m1/s1. The summed E-state index contributed by atoms with van der Waals surface area (Å²) in [5.74, 6) is -0.492. The fourth-order valence-corrected chi connectivity index (χ4v) is 2.56. The Morgan fingerprint density at radius 2 is 1.79 bits per heavy atom. The molecule has 0 unspecified atom stereocenters. The number of hydrogen-bond donors (Lipinski definition) is 4. The second-order valence-corrected chi connectivity index (χ2v) is 6.15. The predicted octanol–water partition coefficient (Wildman–Crippen LogP) is 3.05. The molecule has 2 atom stereocenters. The fourth-order valence-electron chi connectivity index (χ4n) is 2.56. The third-order valence-corrected chi connectivity index (χ3v) is 3.96. The monoisotopic (exact) mass is 400 g/mol. The molecular weight excluding hydrogens is 376 g/mol. The molecule has 0 aliphatic carbocycles. The average molecular weight is 400 g/mol. The molecule has 0 bridgehead atoms. The van der Waals surface area contributed by atoms with E-state index in [4.69, 9.17) is 19.8 Å². The van der Waals surface area contributed by atoms with Gasteiger partial charge in [-0.2, -0.15) is 0 Å². The van der Waals surface area contributed by atoms with E-state index in [1.54, 1.807) is 55.5 Å². The molecule has 2 amide bonds. The molecule has 0 aliphatic heterocycles. The first-order chi connectivity index (χ1) is 14.0. The number of anilines is 1. The van der Waals surface area contributed by atoms with Crippen molar-refractivity contribution in [2.45, 2.75) is 13.0 Å². The number of benzene rings is 2. The van der Waals surface area contributed by atoms with Crippen LogP contribution in [0.15, 0.2) is 66.7 Å². The van der Waals surface area contributed by atoms with Gasteiger partial charge >= 0.3 is 6.09 Å². The summed E-state index contributed by atoms with van der Waals surface area (Å²) in [6, 6.07) is 15.8. The van der Waals surface area contributed by atoms with Crippen molar-refractivity contribution in [2.75, 3.05) is 18.5 Å². The molecule has 8 nitrogen and oxygen atoms in total. The number of para-hydroxylation sites is 1. The minimum Gasteiger partial charge on any atom is -0.491 e. The van der Waals surface area contributed by atoms with Gasteiger partial charge < -0.3 is 14.6 Å². The average Bonchev–Trinajstić information content (AvgIpc) is 2.75. The van der Waals surface area contributed by atoms with Crippen LogP contribution in [0.1, 0.15) is 18.6 Å². The predicted molar refractivity (Wildman–Crippen MR) is 107 cm³/mol. The summed E-state index contributed by atoms with van der Waals surface area (Å²) >= 11 is 0. The number of hydroxylamine groups is 1. The normalized spacial score (nSPS) is 12.8. The van der Waals surface area contributed by atoms with Gasteiger partial charge in [0.1, 0.15) is 18.5 Å².